The minimum Gasteiger partial charge on any atom is -0.348 e. The van der Waals surface area contributed by atoms with Crippen molar-refractivity contribution in [2.45, 2.75) is 63.8 Å². The standard InChI is InChI=1S/C13H26N2O4S/c1-7-10(15-11(16)9(2)3)13(6,20(17,18)19)8-12(4,5)14/h10H,2,7-8,14H2,1,3-6H3,(H,15,16)(H,17,18,19). The third-order valence-corrected chi connectivity index (χ3v) is 4.84. The molecule has 118 valence electrons. The molecule has 0 saturated carbocycles. The van der Waals surface area contributed by atoms with Gasteiger partial charge in [0.25, 0.3) is 10.1 Å². The Bertz CT molecular complexity index is 479. The van der Waals surface area contributed by atoms with E-state index in [1.807, 2.05) is 0 Å². The lowest BCUT2D eigenvalue weighted by Crippen LogP contribution is -2.58. The van der Waals surface area contributed by atoms with Crippen molar-refractivity contribution in [1.82, 2.24) is 5.32 Å². The Morgan fingerprint density at radius 2 is 1.85 bits per heavy atom. The minimum absolute atomic E-state index is 0.00775. The van der Waals surface area contributed by atoms with Crippen LogP contribution in [0.25, 0.3) is 0 Å². The average molecular weight is 306 g/mol. The Balaban J connectivity index is 5.61. The lowest BCUT2D eigenvalue weighted by Gasteiger charge is -2.39. The molecule has 0 heterocycles. The van der Waals surface area contributed by atoms with Crippen LogP contribution in [-0.4, -0.2) is 35.2 Å². The summed E-state index contributed by atoms with van der Waals surface area (Å²) in [5, 5.41) is 2.60. The molecule has 0 radical (unpaired) electrons. The lowest BCUT2D eigenvalue weighted by atomic mass is 9.85. The molecule has 6 nitrogen and oxygen atoms in total. The number of carbonyl (C=O) groups is 1. The number of carbonyl (C=O) groups excluding carboxylic acids is 1. The lowest BCUT2D eigenvalue weighted by molar-refractivity contribution is -0.118. The van der Waals surface area contributed by atoms with Gasteiger partial charge in [0.2, 0.25) is 5.91 Å². The number of nitrogens with one attached hydrogen (secondary N) is 1. The van der Waals surface area contributed by atoms with Crippen LogP contribution >= 0.6 is 0 Å². The first-order valence-corrected chi connectivity index (χ1v) is 7.91. The second kappa shape index (κ2) is 6.24. The van der Waals surface area contributed by atoms with Crippen molar-refractivity contribution in [2.75, 3.05) is 0 Å². The van der Waals surface area contributed by atoms with Gasteiger partial charge in [-0.25, -0.2) is 0 Å². The fourth-order valence-electron chi connectivity index (χ4n) is 2.27. The summed E-state index contributed by atoms with van der Waals surface area (Å²) in [5.74, 6) is -0.443. The molecule has 0 saturated heterocycles. The topological polar surface area (TPSA) is 109 Å². The van der Waals surface area contributed by atoms with E-state index in [1.165, 1.54) is 13.8 Å². The molecule has 0 aromatic carbocycles. The van der Waals surface area contributed by atoms with Crippen LogP contribution in [0.1, 0.15) is 47.5 Å². The fourth-order valence-corrected chi connectivity index (χ4v) is 3.41. The van der Waals surface area contributed by atoms with Crippen molar-refractivity contribution in [3.63, 3.8) is 0 Å². The van der Waals surface area contributed by atoms with Gasteiger partial charge in [-0.15, -0.1) is 0 Å². The highest BCUT2D eigenvalue weighted by Gasteiger charge is 2.47. The summed E-state index contributed by atoms with van der Waals surface area (Å²) in [4.78, 5) is 11.7. The Morgan fingerprint density at radius 1 is 1.40 bits per heavy atom. The quantitative estimate of drug-likeness (QED) is 0.484. The number of amides is 1. The molecule has 0 bridgehead atoms. The summed E-state index contributed by atoms with van der Waals surface area (Å²) in [6, 6.07) is -0.760. The molecule has 0 spiro atoms. The van der Waals surface area contributed by atoms with Crippen LogP contribution in [0.2, 0.25) is 0 Å². The molecule has 0 aliphatic rings. The molecule has 1 amide bonds. The predicted octanol–water partition coefficient (Wildman–Crippen LogP) is 1.23. The van der Waals surface area contributed by atoms with Crippen molar-refractivity contribution >= 4 is 16.0 Å². The molecular weight excluding hydrogens is 280 g/mol. The molecule has 0 aromatic rings. The maximum Gasteiger partial charge on any atom is 0.272 e. The van der Waals surface area contributed by atoms with E-state index in [2.05, 4.69) is 11.9 Å². The molecule has 0 rings (SSSR count). The normalized spacial score (nSPS) is 17.1. The van der Waals surface area contributed by atoms with E-state index in [0.29, 0.717) is 6.42 Å². The highest BCUT2D eigenvalue weighted by atomic mass is 32.2. The van der Waals surface area contributed by atoms with E-state index in [9.17, 15) is 17.8 Å². The number of rotatable bonds is 7. The van der Waals surface area contributed by atoms with Crippen LogP contribution in [0.15, 0.2) is 12.2 Å². The van der Waals surface area contributed by atoms with Crippen molar-refractivity contribution in [3.05, 3.63) is 12.2 Å². The predicted molar refractivity (Wildman–Crippen MR) is 79.9 cm³/mol. The Morgan fingerprint density at radius 3 is 2.10 bits per heavy atom. The zero-order valence-corrected chi connectivity index (χ0v) is 13.7. The molecule has 2 atom stereocenters. The van der Waals surface area contributed by atoms with E-state index in [-0.39, 0.29) is 12.0 Å². The molecular formula is C13H26N2O4S. The van der Waals surface area contributed by atoms with Crippen molar-refractivity contribution in [3.8, 4) is 0 Å². The molecule has 0 fully saturated rings. The first-order chi connectivity index (χ1) is 8.74. The van der Waals surface area contributed by atoms with Gasteiger partial charge in [-0.2, -0.15) is 8.42 Å². The second-order valence-electron chi connectivity index (χ2n) is 6.17. The SMILES string of the molecule is C=C(C)C(=O)NC(CC)C(C)(CC(C)(C)N)S(=O)(=O)O. The van der Waals surface area contributed by atoms with E-state index in [0.717, 1.165) is 0 Å². The number of hydrogen-bond acceptors (Lipinski definition) is 4. The van der Waals surface area contributed by atoms with Crippen LogP contribution in [0.5, 0.6) is 0 Å². The van der Waals surface area contributed by atoms with Crippen LogP contribution in [0, 0.1) is 0 Å². The minimum atomic E-state index is -4.40. The fraction of sp³-hybridized carbons (Fsp3) is 0.769. The Kier molecular flexibility index (Phi) is 5.95. The van der Waals surface area contributed by atoms with E-state index in [4.69, 9.17) is 5.73 Å². The van der Waals surface area contributed by atoms with Gasteiger partial charge in [-0.3, -0.25) is 9.35 Å². The summed E-state index contributed by atoms with van der Waals surface area (Å²) in [6.45, 7) is 11.5. The maximum atomic E-state index is 11.8. The van der Waals surface area contributed by atoms with Gasteiger partial charge in [0.05, 0.1) is 6.04 Å². The van der Waals surface area contributed by atoms with Gasteiger partial charge < -0.3 is 11.1 Å². The summed E-state index contributed by atoms with van der Waals surface area (Å²) >= 11 is 0. The van der Waals surface area contributed by atoms with Gasteiger partial charge in [-0.1, -0.05) is 13.5 Å². The van der Waals surface area contributed by atoms with Crippen molar-refractivity contribution in [2.24, 2.45) is 5.73 Å². The van der Waals surface area contributed by atoms with Gasteiger partial charge in [-0.05, 0) is 40.5 Å². The number of nitrogens with two attached hydrogens (primary N) is 1. The zero-order valence-electron chi connectivity index (χ0n) is 12.9. The largest absolute Gasteiger partial charge is 0.348 e. The Hall–Kier alpha value is -0.920. The summed E-state index contributed by atoms with van der Waals surface area (Å²) in [6.07, 6.45) is 0.346. The average Bonchev–Trinajstić information content (AvgIpc) is 2.20. The van der Waals surface area contributed by atoms with E-state index in [1.54, 1.807) is 20.8 Å². The number of hydrogen-bond donors (Lipinski definition) is 3. The molecule has 0 aromatic heterocycles. The first kappa shape index (κ1) is 19.1. The van der Waals surface area contributed by atoms with Gasteiger partial charge in [0, 0.05) is 11.1 Å². The molecule has 20 heavy (non-hydrogen) atoms. The van der Waals surface area contributed by atoms with E-state index >= 15 is 0 Å². The maximum absolute atomic E-state index is 11.8. The van der Waals surface area contributed by atoms with Gasteiger partial charge in [0.1, 0.15) is 4.75 Å². The van der Waals surface area contributed by atoms with Crippen LogP contribution in [0.4, 0.5) is 0 Å². The van der Waals surface area contributed by atoms with Crippen LogP contribution in [-0.2, 0) is 14.9 Å². The van der Waals surface area contributed by atoms with Crippen molar-refractivity contribution < 1.29 is 17.8 Å². The zero-order chi connectivity index (χ0) is 16.4. The molecule has 2 unspecified atom stereocenters. The molecule has 0 aliphatic carbocycles. The highest BCUT2D eigenvalue weighted by molar-refractivity contribution is 7.87. The highest BCUT2D eigenvalue weighted by Crippen LogP contribution is 2.31. The molecule has 7 heteroatoms. The molecule has 4 N–H and O–H groups in total. The first-order valence-electron chi connectivity index (χ1n) is 6.47. The summed E-state index contributed by atoms with van der Waals surface area (Å²) < 4.78 is 31.6. The van der Waals surface area contributed by atoms with Gasteiger partial charge >= 0.3 is 0 Å². The second-order valence-corrected chi connectivity index (χ2v) is 8.05. The van der Waals surface area contributed by atoms with Gasteiger partial charge in [0.15, 0.2) is 0 Å². The molecule has 0 aliphatic heterocycles. The summed E-state index contributed by atoms with van der Waals surface area (Å²) in [7, 11) is -4.40. The van der Waals surface area contributed by atoms with E-state index < -0.39 is 32.4 Å². The van der Waals surface area contributed by atoms with Crippen LogP contribution in [0.3, 0.4) is 0 Å². The van der Waals surface area contributed by atoms with Crippen molar-refractivity contribution in [1.29, 1.82) is 0 Å². The third kappa shape index (κ3) is 4.88. The monoisotopic (exact) mass is 306 g/mol. The van der Waals surface area contributed by atoms with Crippen LogP contribution < -0.4 is 11.1 Å². The smallest absolute Gasteiger partial charge is 0.272 e. The third-order valence-electron chi connectivity index (χ3n) is 3.23. The summed E-state index contributed by atoms with van der Waals surface area (Å²) in [5.41, 5.74) is 5.35. The Labute approximate surface area is 121 Å².